The van der Waals surface area contributed by atoms with E-state index in [9.17, 15) is 19.5 Å². The van der Waals surface area contributed by atoms with E-state index in [0.717, 1.165) is 76.0 Å². The second kappa shape index (κ2) is 17.8. The molecule has 4 unspecified atom stereocenters. The average Bonchev–Trinajstić information content (AvgIpc) is 3.50. The van der Waals surface area contributed by atoms with Crippen LogP contribution in [0.25, 0.3) is 0 Å². The van der Waals surface area contributed by atoms with Crippen LogP contribution in [0.5, 0.6) is 0 Å². The van der Waals surface area contributed by atoms with E-state index in [1.54, 1.807) is 4.90 Å². The van der Waals surface area contributed by atoms with E-state index >= 15 is 0 Å². The molecule has 4 atom stereocenters. The first kappa shape index (κ1) is 39.0. The van der Waals surface area contributed by atoms with Crippen LogP contribution in [0.1, 0.15) is 148 Å². The molecule has 0 aromatic carbocycles. The number of piperazine rings is 1. The molecule has 0 spiro atoms. The largest absolute Gasteiger partial charge is 0.393 e. The normalized spacial score (nSPS) is 39.5. The van der Waals surface area contributed by atoms with E-state index in [2.05, 4.69) is 22.0 Å². The zero-order chi connectivity index (χ0) is 37.2. The highest BCUT2D eigenvalue weighted by Gasteiger charge is 2.49. The summed E-state index contributed by atoms with van der Waals surface area (Å²) >= 11 is 0. The minimum Gasteiger partial charge on any atom is -0.393 e. The SMILES string of the molecule is CC/C(=C(\C1CCC(O)CC1)C1CCC(OC2CC(CCN3CCN(C4CCC5C(=O)N(C6CCC(=O)NC6=O)CC5C4)CC3)C2)CC1)C1CCCCC1. The highest BCUT2D eigenvalue weighted by molar-refractivity contribution is 6.02. The Hall–Kier alpha value is -1.81. The van der Waals surface area contributed by atoms with Gasteiger partial charge in [-0.25, -0.2) is 0 Å². The van der Waals surface area contributed by atoms with Crippen molar-refractivity contribution in [1.82, 2.24) is 20.0 Å². The minimum atomic E-state index is -0.468. The Morgan fingerprint density at radius 1 is 0.759 bits per heavy atom. The predicted molar refractivity (Wildman–Crippen MR) is 210 cm³/mol. The fourth-order valence-corrected chi connectivity index (χ4v) is 12.9. The molecule has 54 heavy (non-hydrogen) atoms. The Bertz CT molecular complexity index is 1330. The Morgan fingerprint density at radius 3 is 2.15 bits per heavy atom. The van der Waals surface area contributed by atoms with Gasteiger partial charge in [-0.05, 0) is 152 Å². The van der Waals surface area contributed by atoms with Gasteiger partial charge >= 0.3 is 0 Å². The number of ether oxygens (including phenoxy) is 1. The lowest BCUT2D eigenvalue weighted by Gasteiger charge is -2.44. The fourth-order valence-electron chi connectivity index (χ4n) is 12.9. The van der Waals surface area contributed by atoms with E-state index in [1.807, 2.05) is 11.1 Å². The van der Waals surface area contributed by atoms with Crippen molar-refractivity contribution < 1.29 is 24.2 Å². The maximum absolute atomic E-state index is 13.3. The van der Waals surface area contributed by atoms with Crippen LogP contribution in [0.4, 0.5) is 0 Å². The van der Waals surface area contributed by atoms with Crippen LogP contribution in [-0.4, -0.2) is 107 Å². The summed E-state index contributed by atoms with van der Waals surface area (Å²) in [5.74, 6) is 3.10. The third-order valence-electron chi connectivity index (χ3n) is 16.0. The van der Waals surface area contributed by atoms with Gasteiger partial charge < -0.3 is 19.6 Å². The van der Waals surface area contributed by atoms with E-state index < -0.39 is 6.04 Å². The lowest BCUT2D eigenvalue weighted by molar-refractivity contribution is -0.144. The molecule has 3 aliphatic heterocycles. The van der Waals surface area contributed by atoms with Crippen molar-refractivity contribution in [3.8, 4) is 0 Å². The maximum Gasteiger partial charge on any atom is 0.249 e. The van der Waals surface area contributed by atoms with Gasteiger partial charge in [0, 0.05) is 51.1 Å². The minimum absolute atomic E-state index is 0.0519. The summed E-state index contributed by atoms with van der Waals surface area (Å²) in [5.41, 5.74) is 3.72. The number of fused-ring (bicyclic) bond motifs is 1. The molecule has 0 aromatic rings. The maximum atomic E-state index is 13.3. The molecule has 5 aliphatic carbocycles. The number of amides is 3. The number of aliphatic hydroxyl groups is 1. The molecule has 0 radical (unpaired) electrons. The van der Waals surface area contributed by atoms with E-state index in [4.69, 9.17) is 4.74 Å². The fraction of sp³-hybridized carbons (Fsp3) is 0.889. The van der Waals surface area contributed by atoms with Crippen LogP contribution in [0.15, 0.2) is 11.1 Å². The van der Waals surface area contributed by atoms with Crippen molar-refractivity contribution in [1.29, 1.82) is 0 Å². The van der Waals surface area contributed by atoms with Gasteiger partial charge in [-0.1, -0.05) is 37.3 Å². The molecule has 9 heteroatoms. The van der Waals surface area contributed by atoms with Gasteiger partial charge in [0.05, 0.1) is 18.3 Å². The van der Waals surface area contributed by atoms with Gasteiger partial charge in [-0.2, -0.15) is 0 Å². The number of carbonyl (C=O) groups excluding carboxylic acids is 3. The van der Waals surface area contributed by atoms with Crippen LogP contribution >= 0.6 is 0 Å². The lowest BCUT2D eigenvalue weighted by atomic mass is 9.67. The van der Waals surface area contributed by atoms with Gasteiger partial charge in [0.15, 0.2) is 0 Å². The molecule has 0 bridgehead atoms. The van der Waals surface area contributed by atoms with Gasteiger partial charge in [0.25, 0.3) is 0 Å². The van der Waals surface area contributed by atoms with E-state index in [-0.39, 0.29) is 29.7 Å². The molecule has 3 saturated heterocycles. The smallest absolute Gasteiger partial charge is 0.249 e. The van der Waals surface area contributed by atoms with Crippen molar-refractivity contribution >= 4 is 17.7 Å². The molecular weight excluding hydrogens is 677 g/mol. The summed E-state index contributed by atoms with van der Waals surface area (Å²) in [4.78, 5) is 44.6. The summed E-state index contributed by atoms with van der Waals surface area (Å²) < 4.78 is 6.78. The standard InChI is InChI=1S/C45H72N4O5/c1-2-39(31-6-4-3-5-7-31)43(32-8-13-36(50)14-9-32)33-10-15-37(16-11-33)54-38-26-30(27-38)20-21-47-22-24-48(25-23-47)35-12-17-40-34(28-35)29-49(45(40)53)41-18-19-42(51)46-44(41)52/h30-38,40-41,50H,2-29H2,1H3,(H,46,51,52)/b43-39-. The third kappa shape index (κ3) is 8.84. The summed E-state index contributed by atoms with van der Waals surface area (Å²) in [7, 11) is 0. The predicted octanol–water partition coefficient (Wildman–Crippen LogP) is 6.62. The molecule has 8 aliphatic rings. The van der Waals surface area contributed by atoms with Crippen LogP contribution < -0.4 is 5.32 Å². The Morgan fingerprint density at radius 2 is 1.46 bits per heavy atom. The molecule has 302 valence electrons. The molecule has 8 rings (SSSR count). The summed E-state index contributed by atoms with van der Waals surface area (Å²) in [5, 5.41) is 12.7. The number of aliphatic hydroxyl groups excluding tert-OH is 1. The quantitative estimate of drug-likeness (QED) is 0.181. The molecule has 8 fully saturated rings. The van der Waals surface area contributed by atoms with E-state index in [1.165, 1.54) is 103 Å². The number of nitrogens with zero attached hydrogens (tertiary/aromatic N) is 3. The summed E-state index contributed by atoms with van der Waals surface area (Å²) in [6.45, 7) is 8.82. The Kier molecular flexibility index (Phi) is 12.8. The summed E-state index contributed by atoms with van der Waals surface area (Å²) in [6, 6.07) is 0.0710. The van der Waals surface area contributed by atoms with Crippen LogP contribution in [0.2, 0.25) is 0 Å². The molecule has 0 aromatic heterocycles. The van der Waals surface area contributed by atoms with Gasteiger partial charge in [0.2, 0.25) is 17.7 Å². The van der Waals surface area contributed by atoms with E-state index in [0.29, 0.717) is 49.5 Å². The first-order valence-electron chi connectivity index (χ1n) is 23.0. The number of rotatable bonds is 11. The number of allylic oxidation sites excluding steroid dienone is 2. The van der Waals surface area contributed by atoms with Crippen LogP contribution in [0.3, 0.4) is 0 Å². The molecule has 9 nitrogen and oxygen atoms in total. The number of hydrogen-bond acceptors (Lipinski definition) is 7. The number of piperidine rings is 1. The average molecular weight is 749 g/mol. The van der Waals surface area contributed by atoms with Crippen molar-refractivity contribution in [3.05, 3.63) is 11.1 Å². The zero-order valence-electron chi connectivity index (χ0n) is 33.6. The number of likely N-dealkylation sites (tertiary alicyclic amines) is 1. The van der Waals surface area contributed by atoms with Crippen molar-refractivity contribution in [2.45, 2.75) is 179 Å². The number of imide groups is 1. The highest BCUT2D eigenvalue weighted by atomic mass is 16.5. The first-order valence-corrected chi connectivity index (χ1v) is 23.0. The van der Waals surface area contributed by atoms with Crippen LogP contribution in [-0.2, 0) is 19.1 Å². The molecule has 5 saturated carbocycles. The van der Waals surface area contributed by atoms with Crippen molar-refractivity contribution in [3.63, 3.8) is 0 Å². The number of carbonyl (C=O) groups is 3. The highest BCUT2D eigenvalue weighted by Crippen LogP contribution is 2.47. The second-order valence-corrected chi connectivity index (χ2v) is 19.2. The molecule has 3 amide bonds. The Balaban J connectivity index is 0.731. The van der Waals surface area contributed by atoms with Gasteiger partial charge in [-0.3, -0.25) is 24.6 Å². The topological polar surface area (TPSA) is 102 Å². The van der Waals surface area contributed by atoms with Crippen molar-refractivity contribution in [2.75, 3.05) is 39.3 Å². The first-order chi connectivity index (χ1) is 26.3. The van der Waals surface area contributed by atoms with Gasteiger partial charge in [0.1, 0.15) is 6.04 Å². The zero-order valence-corrected chi connectivity index (χ0v) is 33.6. The second-order valence-electron chi connectivity index (χ2n) is 19.2. The summed E-state index contributed by atoms with van der Waals surface area (Å²) in [6.07, 6.45) is 26.2. The van der Waals surface area contributed by atoms with Crippen LogP contribution in [0, 0.1) is 35.5 Å². The third-order valence-corrected chi connectivity index (χ3v) is 16.0. The Labute approximate surface area is 325 Å². The number of hydrogen-bond donors (Lipinski definition) is 2. The lowest BCUT2D eigenvalue weighted by Crippen LogP contribution is -2.53. The molecule has 2 N–H and O–H groups in total. The molecule has 3 heterocycles. The van der Waals surface area contributed by atoms with Gasteiger partial charge in [-0.15, -0.1) is 0 Å². The monoisotopic (exact) mass is 749 g/mol. The number of nitrogens with one attached hydrogen (secondary N) is 1. The molecular formula is C45H72N4O5. The van der Waals surface area contributed by atoms with Crippen molar-refractivity contribution in [2.24, 2.45) is 35.5 Å².